The van der Waals surface area contributed by atoms with Crippen molar-refractivity contribution in [1.82, 2.24) is 9.55 Å². The molecule has 2 nitrogen and oxygen atoms in total. The van der Waals surface area contributed by atoms with E-state index in [-0.39, 0.29) is 0 Å². The van der Waals surface area contributed by atoms with Crippen LogP contribution in [0.3, 0.4) is 0 Å². The molecule has 146 valence electrons. The number of rotatable bonds is 4. The number of hydrogen-bond acceptors (Lipinski definition) is 1. The number of halogens is 2. The Morgan fingerprint density at radius 2 is 1.47 bits per heavy atom. The first kappa shape index (κ1) is 18.9. The van der Waals surface area contributed by atoms with Gasteiger partial charge in [-0.15, -0.1) is 0 Å². The van der Waals surface area contributed by atoms with Gasteiger partial charge < -0.3 is 4.57 Å². The zero-order chi connectivity index (χ0) is 20.5. The highest BCUT2D eigenvalue weighted by Gasteiger charge is 2.10. The molecule has 0 radical (unpaired) electrons. The van der Waals surface area contributed by atoms with Gasteiger partial charge in [-0.3, -0.25) is 0 Å². The molecule has 0 aliphatic heterocycles. The average Bonchev–Trinajstić information content (AvgIpc) is 3.11. The fourth-order valence-corrected chi connectivity index (χ4v) is 4.26. The lowest BCUT2D eigenvalue weighted by Crippen LogP contribution is -2.02. The maximum Gasteiger partial charge on any atom is 0.134 e. The van der Waals surface area contributed by atoms with Crippen molar-refractivity contribution in [3.63, 3.8) is 0 Å². The lowest BCUT2D eigenvalue weighted by Gasteiger charge is -2.09. The fraction of sp³-hybridized carbons (Fsp3) is 0.0385. The molecule has 30 heavy (non-hydrogen) atoms. The maximum absolute atomic E-state index is 6.34. The number of aromatic nitrogens is 2. The third-order valence-corrected chi connectivity index (χ3v) is 5.90. The molecule has 0 bridgehead atoms. The summed E-state index contributed by atoms with van der Waals surface area (Å²) in [6, 6.07) is 28.7. The standard InChI is InChI=1S/C26H18Cl2N2/c27-22-8-5-9-23(28)21(22)14-15-26-29-24-10-3-4-11-25(24)30(26)17-18-12-13-19-6-1-2-7-20(19)16-18/h1-16H,17H2/b15-14+. The van der Waals surface area contributed by atoms with Crippen molar-refractivity contribution in [3.8, 4) is 0 Å². The molecule has 0 saturated carbocycles. The maximum atomic E-state index is 6.34. The van der Waals surface area contributed by atoms with E-state index in [1.807, 2.05) is 48.6 Å². The van der Waals surface area contributed by atoms with Gasteiger partial charge in [0.15, 0.2) is 0 Å². The molecule has 1 aromatic heterocycles. The first-order valence-corrected chi connectivity index (χ1v) is 10.5. The predicted molar refractivity (Wildman–Crippen MR) is 128 cm³/mol. The largest absolute Gasteiger partial charge is 0.320 e. The van der Waals surface area contributed by atoms with Gasteiger partial charge >= 0.3 is 0 Å². The van der Waals surface area contributed by atoms with Crippen molar-refractivity contribution in [2.24, 2.45) is 0 Å². The van der Waals surface area contributed by atoms with Crippen LogP contribution in [-0.4, -0.2) is 9.55 Å². The minimum absolute atomic E-state index is 0.621. The van der Waals surface area contributed by atoms with Gasteiger partial charge in [-0.05, 0) is 58.8 Å². The second-order valence-corrected chi connectivity index (χ2v) is 8.01. The van der Waals surface area contributed by atoms with Crippen LogP contribution in [0.2, 0.25) is 10.0 Å². The first-order chi connectivity index (χ1) is 14.7. The molecule has 1 heterocycles. The monoisotopic (exact) mass is 428 g/mol. The zero-order valence-electron chi connectivity index (χ0n) is 16.1. The van der Waals surface area contributed by atoms with Crippen LogP contribution >= 0.6 is 23.2 Å². The first-order valence-electron chi connectivity index (χ1n) is 9.74. The summed E-state index contributed by atoms with van der Waals surface area (Å²) in [6.07, 6.45) is 3.91. The lowest BCUT2D eigenvalue weighted by atomic mass is 10.1. The summed E-state index contributed by atoms with van der Waals surface area (Å²) in [5.41, 5.74) is 4.08. The SMILES string of the molecule is Clc1cccc(Cl)c1/C=C/c1nc2ccccc2n1Cc1ccc2ccccc2c1. The molecule has 5 aromatic rings. The van der Waals surface area contributed by atoms with Crippen molar-refractivity contribution in [2.45, 2.75) is 6.54 Å². The molecular formula is C26H18Cl2N2. The van der Waals surface area contributed by atoms with Crippen molar-refractivity contribution in [2.75, 3.05) is 0 Å². The van der Waals surface area contributed by atoms with E-state index in [2.05, 4.69) is 53.1 Å². The molecule has 4 aromatic carbocycles. The zero-order valence-corrected chi connectivity index (χ0v) is 17.6. The molecule has 0 saturated heterocycles. The smallest absolute Gasteiger partial charge is 0.134 e. The van der Waals surface area contributed by atoms with E-state index in [1.54, 1.807) is 0 Å². The van der Waals surface area contributed by atoms with Gasteiger partial charge in [-0.25, -0.2) is 4.98 Å². The van der Waals surface area contributed by atoms with Crippen LogP contribution in [0.25, 0.3) is 34.0 Å². The number of imidazole rings is 1. The van der Waals surface area contributed by atoms with Crippen molar-refractivity contribution >= 4 is 57.2 Å². The number of nitrogens with zero attached hydrogens (tertiary/aromatic N) is 2. The number of fused-ring (bicyclic) bond motifs is 2. The highest BCUT2D eigenvalue weighted by atomic mass is 35.5. The number of benzene rings is 4. The van der Waals surface area contributed by atoms with Crippen LogP contribution in [0.5, 0.6) is 0 Å². The van der Waals surface area contributed by atoms with Crippen molar-refractivity contribution in [3.05, 3.63) is 112 Å². The van der Waals surface area contributed by atoms with Crippen LogP contribution in [0.15, 0.2) is 84.9 Å². The molecule has 0 N–H and O–H groups in total. The van der Waals surface area contributed by atoms with Gasteiger partial charge in [-0.2, -0.15) is 0 Å². The van der Waals surface area contributed by atoms with E-state index < -0.39 is 0 Å². The summed E-state index contributed by atoms with van der Waals surface area (Å²) < 4.78 is 2.22. The van der Waals surface area contributed by atoms with Gasteiger partial charge in [0.1, 0.15) is 5.82 Å². The lowest BCUT2D eigenvalue weighted by molar-refractivity contribution is 0.815. The van der Waals surface area contributed by atoms with Gasteiger partial charge in [-0.1, -0.05) is 77.8 Å². The molecule has 0 atom stereocenters. The third-order valence-electron chi connectivity index (χ3n) is 5.24. The molecule has 0 aliphatic rings. The Labute approximate surface area is 185 Å². The Hall–Kier alpha value is -3.07. The van der Waals surface area contributed by atoms with Gasteiger partial charge in [0, 0.05) is 22.2 Å². The Kier molecular flexibility index (Phi) is 5.04. The Morgan fingerprint density at radius 1 is 0.733 bits per heavy atom. The number of hydrogen-bond donors (Lipinski definition) is 0. The predicted octanol–water partition coefficient (Wildman–Crippen LogP) is 7.72. The van der Waals surface area contributed by atoms with Crippen LogP contribution in [0, 0.1) is 0 Å². The van der Waals surface area contributed by atoms with E-state index in [0.717, 1.165) is 29.0 Å². The molecule has 0 spiro atoms. The second kappa shape index (κ2) is 7.98. The Morgan fingerprint density at radius 3 is 2.30 bits per heavy atom. The van der Waals surface area contributed by atoms with Crippen LogP contribution in [-0.2, 0) is 6.54 Å². The van der Waals surface area contributed by atoms with Gasteiger partial charge in [0.05, 0.1) is 11.0 Å². The average molecular weight is 429 g/mol. The molecule has 0 amide bonds. The normalized spacial score (nSPS) is 11.7. The van der Waals surface area contributed by atoms with Crippen LogP contribution in [0.1, 0.15) is 17.0 Å². The summed E-state index contributed by atoms with van der Waals surface area (Å²) in [5, 5.41) is 3.72. The summed E-state index contributed by atoms with van der Waals surface area (Å²) in [7, 11) is 0. The summed E-state index contributed by atoms with van der Waals surface area (Å²) in [5.74, 6) is 0.861. The molecule has 5 rings (SSSR count). The molecule has 0 fully saturated rings. The van der Waals surface area contributed by atoms with Gasteiger partial charge in [0.2, 0.25) is 0 Å². The minimum atomic E-state index is 0.621. The molecular weight excluding hydrogens is 411 g/mol. The third kappa shape index (κ3) is 3.60. The Balaban J connectivity index is 1.59. The second-order valence-electron chi connectivity index (χ2n) is 7.20. The van der Waals surface area contributed by atoms with Crippen molar-refractivity contribution in [1.29, 1.82) is 0 Å². The summed E-state index contributed by atoms with van der Waals surface area (Å²) in [6.45, 7) is 0.723. The molecule has 4 heteroatoms. The van der Waals surface area contributed by atoms with E-state index >= 15 is 0 Å². The van der Waals surface area contributed by atoms with E-state index in [0.29, 0.717) is 10.0 Å². The summed E-state index contributed by atoms with van der Waals surface area (Å²) >= 11 is 12.7. The fourth-order valence-electron chi connectivity index (χ4n) is 3.74. The Bertz CT molecular complexity index is 1380. The van der Waals surface area contributed by atoms with Crippen LogP contribution in [0.4, 0.5) is 0 Å². The van der Waals surface area contributed by atoms with Crippen molar-refractivity contribution < 1.29 is 0 Å². The molecule has 0 aliphatic carbocycles. The van der Waals surface area contributed by atoms with Crippen LogP contribution < -0.4 is 0 Å². The summed E-state index contributed by atoms with van der Waals surface area (Å²) in [4.78, 5) is 4.84. The quantitative estimate of drug-likeness (QED) is 0.286. The number of para-hydroxylation sites is 2. The highest BCUT2D eigenvalue weighted by Crippen LogP contribution is 2.27. The topological polar surface area (TPSA) is 17.8 Å². The van der Waals surface area contributed by atoms with E-state index in [9.17, 15) is 0 Å². The van der Waals surface area contributed by atoms with Gasteiger partial charge in [0.25, 0.3) is 0 Å². The molecule has 0 unspecified atom stereocenters. The highest BCUT2D eigenvalue weighted by molar-refractivity contribution is 6.37. The van der Waals surface area contributed by atoms with E-state index in [4.69, 9.17) is 28.2 Å². The van der Waals surface area contributed by atoms with E-state index in [1.165, 1.54) is 16.3 Å². The minimum Gasteiger partial charge on any atom is -0.320 e.